The van der Waals surface area contributed by atoms with E-state index < -0.39 is 0 Å². The molecule has 1 aromatic heterocycles. The average molecular weight is 464 g/mol. The minimum atomic E-state index is 0.574. The van der Waals surface area contributed by atoms with E-state index in [2.05, 4.69) is 11.9 Å². The highest BCUT2D eigenvalue weighted by atomic mass is 35.5. The van der Waals surface area contributed by atoms with Crippen LogP contribution in [0.4, 0.5) is 0 Å². The fourth-order valence-corrected chi connectivity index (χ4v) is 3.83. The van der Waals surface area contributed by atoms with E-state index in [0.717, 1.165) is 36.3 Å². The van der Waals surface area contributed by atoms with Gasteiger partial charge in [0.05, 0.1) is 11.6 Å². The smallest absolute Gasteiger partial charge is 0.166 e. The zero-order valence-corrected chi connectivity index (χ0v) is 19.2. The number of hydrazone groups is 1. The van der Waals surface area contributed by atoms with Gasteiger partial charge in [-0.25, -0.2) is 4.98 Å². The standard InChI is InChI=1S/C23H25Cl3N4/c1-2-3-4-7-13-30(16-18-10-11-19(24)15-22(18)26)28-23(29-14-12-27-17-29)20-8-5-6-9-21(20)25/h5-6,8-12,14-15,17H,2-4,7,13,16H2,1H3/b28-23+. The molecule has 0 bridgehead atoms. The van der Waals surface area contributed by atoms with Gasteiger partial charge in [0.15, 0.2) is 5.84 Å². The van der Waals surface area contributed by atoms with Gasteiger partial charge in [0.25, 0.3) is 0 Å². The lowest BCUT2D eigenvalue weighted by atomic mass is 10.2. The maximum atomic E-state index is 6.50. The molecule has 1 heterocycles. The summed E-state index contributed by atoms with van der Waals surface area (Å²) < 4.78 is 1.88. The molecule has 0 saturated carbocycles. The summed E-state index contributed by atoms with van der Waals surface area (Å²) in [4.78, 5) is 4.18. The highest BCUT2D eigenvalue weighted by molar-refractivity contribution is 6.35. The van der Waals surface area contributed by atoms with Gasteiger partial charge >= 0.3 is 0 Å². The largest absolute Gasteiger partial charge is 0.291 e. The fraction of sp³-hybridized carbons (Fsp3) is 0.304. The van der Waals surface area contributed by atoms with E-state index in [9.17, 15) is 0 Å². The van der Waals surface area contributed by atoms with E-state index >= 15 is 0 Å². The van der Waals surface area contributed by atoms with Crippen LogP contribution in [0.15, 0.2) is 66.3 Å². The molecule has 0 aliphatic rings. The molecule has 0 fully saturated rings. The Balaban J connectivity index is 1.96. The Kier molecular flexibility index (Phi) is 8.61. The number of nitrogens with zero attached hydrogens (tertiary/aromatic N) is 4. The zero-order chi connectivity index (χ0) is 21.3. The van der Waals surface area contributed by atoms with Crippen LogP contribution in [-0.4, -0.2) is 26.9 Å². The van der Waals surface area contributed by atoms with Gasteiger partial charge in [0, 0.05) is 34.5 Å². The van der Waals surface area contributed by atoms with Crippen molar-refractivity contribution < 1.29 is 0 Å². The van der Waals surface area contributed by atoms with Gasteiger partial charge in [-0.15, -0.1) is 0 Å². The number of rotatable bonds is 9. The summed E-state index contributed by atoms with van der Waals surface area (Å²) in [6, 6.07) is 13.3. The summed E-state index contributed by atoms with van der Waals surface area (Å²) in [5, 5.41) is 8.95. The highest BCUT2D eigenvalue weighted by Crippen LogP contribution is 2.24. The van der Waals surface area contributed by atoms with Crippen molar-refractivity contribution in [3.8, 4) is 0 Å². The van der Waals surface area contributed by atoms with Crippen molar-refractivity contribution in [1.82, 2.24) is 14.6 Å². The molecular weight excluding hydrogens is 439 g/mol. The van der Waals surface area contributed by atoms with Crippen LogP contribution in [0.25, 0.3) is 0 Å². The highest BCUT2D eigenvalue weighted by Gasteiger charge is 2.14. The summed E-state index contributed by atoms with van der Waals surface area (Å²) in [7, 11) is 0. The predicted molar refractivity (Wildman–Crippen MR) is 127 cm³/mol. The summed E-state index contributed by atoms with van der Waals surface area (Å²) >= 11 is 19.0. The summed E-state index contributed by atoms with van der Waals surface area (Å²) in [5.74, 6) is 0.721. The lowest BCUT2D eigenvalue weighted by Crippen LogP contribution is -2.24. The molecule has 30 heavy (non-hydrogen) atoms. The number of hydrogen-bond donors (Lipinski definition) is 0. The fourth-order valence-electron chi connectivity index (χ4n) is 3.14. The molecule has 0 unspecified atom stereocenters. The number of aromatic nitrogens is 2. The quantitative estimate of drug-likeness (QED) is 0.146. The SMILES string of the molecule is CCCCCCN(Cc1ccc(Cl)cc1Cl)/N=C(\c1ccccc1Cl)n1ccnc1. The van der Waals surface area contributed by atoms with Gasteiger partial charge in [0.1, 0.15) is 6.33 Å². The number of halogens is 3. The Morgan fingerprint density at radius 1 is 1.03 bits per heavy atom. The minimum absolute atomic E-state index is 0.574. The van der Waals surface area contributed by atoms with Crippen LogP contribution in [0.5, 0.6) is 0 Å². The first kappa shape index (κ1) is 22.7. The second-order valence-corrected chi connectivity index (χ2v) is 8.31. The maximum absolute atomic E-state index is 6.50. The van der Waals surface area contributed by atoms with E-state index in [1.54, 1.807) is 18.6 Å². The van der Waals surface area contributed by atoms with Crippen molar-refractivity contribution in [3.05, 3.63) is 87.4 Å². The molecule has 7 heteroatoms. The van der Waals surface area contributed by atoms with Crippen molar-refractivity contribution in [1.29, 1.82) is 0 Å². The zero-order valence-electron chi connectivity index (χ0n) is 16.9. The lowest BCUT2D eigenvalue weighted by molar-refractivity contribution is 0.271. The second kappa shape index (κ2) is 11.4. The van der Waals surface area contributed by atoms with E-state index in [1.807, 2.05) is 52.2 Å². The Labute approximate surface area is 193 Å². The first-order valence-corrected chi connectivity index (χ1v) is 11.2. The molecule has 0 saturated heterocycles. The normalized spacial score (nSPS) is 11.7. The van der Waals surface area contributed by atoms with Gasteiger partial charge < -0.3 is 0 Å². The van der Waals surface area contributed by atoms with E-state index in [0.29, 0.717) is 21.6 Å². The van der Waals surface area contributed by atoms with Crippen LogP contribution < -0.4 is 0 Å². The van der Waals surface area contributed by atoms with Crippen LogP contribution in [0.2, 0.25) is 15.1 Å². The topological polar surface area (TPSA) is 33.4 Å². The van der Waals surface area contributed by atoms with Crippen LogP contribution in [0, 0.1) is 0 Å². The molecule has 3 rings (SSSR count). The number of hydrogen-bond acceptors (Lipinski definition) is 3. The monoisotopic (exact) mass is 462 g/mol. The van der Waals surface area contributed by atoms with E-state index in [4.69, 9.17) is 39.9 Å². The molecular formula is C23H25Cl3N4. The molecule has 0 aliphatic heterocycles. The molecule has 0 N–H and O–H groups in total. The molecule has 0 radical (unpaired) electrons. The Morgan fingerprint density at radius 2 is 1.87 bits per heavy atom. The average Bonchev–Trinajstić information content (AvgIpc) is 3.26. The molecule has 0 spiro atoms. The molecule has 0 aliphatic carbocycles. The Bertz CT molecular complexity index is 970. The summed E-state index contributed by atoms with van der Waals surface area (Å²) in [5.41, 5.74) is 1.82. The summed E-state index contributed by atoms with van der Waals surface area (Å²) in [6.07, 6.45) is 9.92. The maximum Gasteiger partial charge on any atom is 0.166 e. The third-order valence-electron chi connectivity index (χ3n) is 4.74. The van der Waals surface area contributed by atoms with Gasteiger partial charge in [0.2, 0.25) is 0 Å². The third-order valence-corrected chi connectivity index (χ3v) is 5.65. The lowest BCUT2D eigenvalue weighted by Gasteiger charge is -2.22. The molecule has 0 amide bonds. The molecule has 3 aromatic rings. The van der Waals surface area contributed by atoms with Gasteiger partial charge in [-0.2, -0.15) is 5.10 Å². The van der Waals surface area contributed by atoms with Crippen molar-refractivity contribution >= 4 is 40.6 Å². The van der Waals surface area contributed by atoms with Crippen LogP contribution >= 0.6 is 34.8 Å². The van der Waals surface area contributed by atoms with Crippen LogP contribution in [0.3, 0.4) is 0 Å². The number of imidazole rings is 1. The van der Waals surface area contributed by atoms with Crippen molar-refractivity contribution in [2.45, 2.75) is 39.2 Å². The predicted octanol–water partition coefficient (Wildman–Crippen LogP) is 7.14. The number of unbranched alkanes of at least 4 members (excludes halogenated alkanes) is 3. The third kappa shape index (κ3) is 6.24. The van der Waals surface area contributed by atoms with E-state index in [1.165, 1.54) is 12.8 Å². The molecule has 158 valence electrons. The van der Waals surface area contributed by atoms with Gasteiger partial charge in [-0.05, 0) is 36.2 Å². The van der Waals surface area contributed by atoms with Crippen LogP contribution in [-0.2, 0) is 6.54 Å². The van der Waals surface area contributed by atoms with Gasteiger partial charge in [-0.1, -0.05) is 79.2 Å². The first-order valence-electron chi connectivity index (χ1n) is 10.1. The van der Waals surface area contributed by atoms with Crippen LogP contribution in [0.1, 0.15) is 43.7 Å². The minimum Gasteiger partial charge on any atom is -0.291 e. The van der Waals surface area contributed by atoms with E-state index in [-0.39, 0.29) is 0 Å². The van der Waals surface area contributed by atoms with Crippen molar-refractivity contribution in [2.24, 2.45) is 5.10 Å². The summed E-state index contributed by atoms with van der Waals surface area (Å²) in [6.45, 7) is 3.59. The van der Waals surface area contributed by atoms with Gasteiger partial charge in [-0.3, -0.25) is 9.58 Å². The molecule has 2 aromatic carbocycles. The molecule has 0 atom stereocenters. The first-order chi connectivity index (χ1) is 14.6. The Hall–Kier alpha value is -2.01. The second-order valence-electron chi connectivity index (χ2n) is 7.06. The Morgan fingerprint density at radius 3 is 2.57 bits per heavy atom. The molecule has 4 nitrogen and oxygen atoms in total. The van der Waals surface area contributed by atoms with Crippen molar-refractivity contribution in [2.75, 3.05) is 6.54 Å². The van der Waals surface area contributed by atoms with Crippen molar-refractivity contribution in [3.63, 3.8) is 0 Å². The number of benzene rings is 2.